The fourth-order valence-corrected chi connectivity index (χ4v) is 2.42. The molecular formula is C13H11ClN2O3S. The summed E-state index contributed by atoms with van der Waals surface area (Å²) in [6.45, 7) is 1.88. The van der Waals surface area contributed by atoms with Crippen molar-refractivity contribution in [3.63, 3.8) is 0 Å². The molecule has 2 rings (SSSR count). The maximum atomic E-state index is 11.8. The van der Waals surface area contributed by atoms with Gasteiger partial charge in [-0.25, -0.2) is 0 Å². The van der Waals surface area contributed by atoms with Gasteiger partial charge in [0.1, 0.15) is 5.75 Å². The molecule has 104 valence electrons. The first-order valence-electron chi connectivity index (χ1n) is 5.63. The Hall–Kier alpha value is -2.05. The lowest BCUT2D eigenvalue weighted by Gasteiger charge is -2.07. The summed E-state index contributed by atoms with van der Waals surface area (Å²) < 4.78 is 0. The zero-order valence-corrected chi connectivity index (χ0v) is 12.0. The lowest BCUT2D eigenvalue weighted by atomic mass is 10.2. The van der Waals surface area contributed by atoms with E-state index in [1.165, 1.54) is 29.5 Å². The first-order chi connectivity index (χ1) is 9.47. The van der Waals surface area contributed by atoms with Crippen molar-refractivity contribution < 1.29 is 14.7 Å². The fraction of sp³-hybridized carbons (Fsp3) is 0.0769. The second-order valence-electron chi connectivity index (χ2n) is 3.98. The third-order valence-corrected chi connectivity index (χ3v) is 3.69. The fourth-order valence-electron chi connectivity index (χ4n) is 1.49. The van der Waals surface area contributed by atoms with Gasteiger partial charge in [-0.05, 0) is 37.3 Å². The van der Waals surface area contributed by atoms with E-state index >= 15 is 0 Å². The van der Waals surface area contributed by atoms with Crippen LogP contribution in [0.25, 0.3) is 0 Å². The third-order valence-electron chi connectivity index (χ3n) is 2.46. The zero-order chi connectivity index (χ0) is 14.7. The average molecular weight is 311 g/mol. The molecule has 0 saturated heterocycles. The predicted molar refractivity (Wildman–Crippen MR) is 77.1 cm³/mol. The van der Waals surface area contributed by atoms with Gasteiger partial charge in [0.25, 0.3) is 11.8 Å². The van der Waals surface area contributed by atoms with Crippen LogP contribution in [0.15, 0.2) is 30.3 Å². The number of halogens is 1. The van der Waals surface area contributed by atoms with Crippen molar-refractivity contribution in [2.45, 2.75) is 6.92 Å². The molecule has 2 aromatic rings. The van der Waals surface area contributed by atoms with Gasteiger partial charge in [0.15, 0.2) is 0 Å². The number of benzene rings is 1. The van der Waals surface area contributed by atoms with Crippen LogP contribution in [-0.4, -0.2) is 16.9 Å². The van der Waals surface area contributed by atoms with Crippen LogP contribution in [-0.2, 0) is 0 Å². The van der Waals surface area contributed by atoms with Gasteiger partial charge in [0.05, 0.1) is 10.4 Å². The van der Waals surface area contributed by atoms with E-state index < -0.39 is 11.8 Å². The van der Waals surface area contributed by atoms with E-state index in [2.05, 4.69) is 10.9 Å². The van der Waals surface area contributed by atoms with E-state index in [0.717, 1.165) is 4.88 Å². The summed E-state index contributed by atoms with van der Waals surface area (Å²) in [5.41, 5.74) is 4.49. The van der Waals surface area contributed by atoms with Gasteiger partial charge in [-0.1, -0.05) is 11.6 Å². The Labute approximate surface area is 124 Å². The molecule has 0 bridgehead atoms. The van der Waals surface area contributed by atoms with Crippen molar-refractivity contribution in [2.75, 3.05) is 0 Å². The minimum absolute atomic E-state index is 0.0137. The van der Waals surface area contributed by atoms with Gasteiger partial charge in [-0.2, -0.15) is 0 Å². The van der Waals surface area contributed by atoms with Crippen molar-refractivity contribution >= 4 is 34.8 Å². The standard InChI is InChI=1S/C13H11ClN2O3S/c1-7-2-5-11(20-7)13(19)16-15-12(18)9-6-8(14)3-4-10(9)17/h2-6,17H,1H3,(H,15,18)(H,16,19). The number of carbonyl (C=O) groups excluding carboxylic acids is 2. The maximum absolute atomic E-state index is 11.8. The summed E-state index contributed by atoms with van der Waals surface area (Å²) >= 11 is 7.06. The number of aromatic hydroxyl groups is 1. The van der Waals surface area contributed by atoms with E-state index in [0.29, 0.717) is 9.90 Å². The Kier molecular flexibility index (Phi) is 4.26. The molecule has 1 aromatic heterocycles. The van der Waals surface area contributed by atoms with Gasteiger partial charge >= 0.3 is 0 Å². The predicted octanol–water partition coefficient (Wildman–Crippen LogP) is 2.49. The van der Waals surface area contributed by atoms with Crippen molar-refractivity contribution in [1.29, 1.82) is 0 Å². The minimum atomic E-state index is -0.647. The maximum Gasteiger partial charge on any atom is 0.279 e. The number of nitrogens with one attached hydrogen (secondary N) is 2. The van der Waals surface area contributed by atoms with E-state index in [1.54, 1.807) is 6.07 Å². The van der Waals surface area contributed by atoms with Crippen LogP contribution in [0, 0.1) is 6.92 Å². The largest absolute Gasteiger partial charge is 0.507 e. The van der Waals surface area contributed by atoms with E-state index in [9.17, 15) is 14.7 Å². The average Bonchev–Trinajstić information content (AvgIpc) is 2.85. The Balaban J connectivity index is 2.02. The number of thiophene rings is 1. The summed E-state index contributed by atoms with van der Waals surface area (Å²) in [6.07, 6.45) is 0. The molecule has 0 aliphatic rings. The molecule has 1 aromatic carbocycles. The molecule has 2 amide bonds. The Morgan fingerprint density at radius 3 is 2.50 bits per heavy atom. The van der Waals surface area contributed by atoms with Crippen molar-refractivity contribution in [3.8, 4) is 5.75 Å². The molecule has 0 saturated carbocycles. The van der Waals surface area contributed by atoms with Crippen LogP contribution in [0.4, 0.5) is 0 Å². The number of amides is 2. The first-order valence-corrected chi connectivity index (χ1v) is 6.82. The lowest BCUT2D eigenvalue weighted by molar-refractivity contribution is 0.0847. The highest BCUT2D eigenvalue weighted by Gasteiger charge is 2.14. The topological polar surface area (TPSA) is 78.4 Å². The molecule has 0 atom stereocenters. The van der Waals surface area contributed by atoms with Crippen LogP contribution in [0.3, 0.4) is 0 Å². The van der Waals surface area contributed by atoms with Gasteiger partial charge in [-0.15, -0.1) is 11.3 Å². The second-order valence-corrected chi connectivity index (χ2v) is 5.70. The quantitative estimate of drug-likeness (QED) is 0.746. The highest BCUT2D eigenvalue weighted by molar-refractivity contribution is 7.13. The Morgan fingerprint density at radius 1 is 1.15 bits per heavy atom. The van der Waals surface area contributed by atoms with Crippen LogP contribution < -0.4 is 10.9 Å². The molecule has 7 heteroatoms. The van der Waals surface area contributed by atoms with E-state index in [-0.39, 0.29) is 11.3 Å². The van der Waals surface area contributed by atoms with Gasteiger partial charge in [0, 0.05) is 9.90 Å². The highest BCUT2D eigenvalue weighted by atomic mass is 35.5. The smallest absolute Gasteiger partial charge is 0.279 e. The summed E-state index contributed by atoms with van der Waals surface area (Å²) in [5, 5.41) is 9.87. The molecular weight excluding hydrogens is 300 g/mol. The Morgan fingerprint density at radius 2 is 1.85 bits per heavy atom. The van der Waals surface area contributed by atoms with Crippen LogP contribution >= 0.6 is 22.9 Å². The molecule has 0 spiro atoms. The molecule has 20 heavy (non-hydrogen) atoms. The summed E-state index contributed by atoms with van der Waals surface area (Å²) in [7, 11) is 0. The molecule has 5 nitrogen and oxygen atoms in total. The summed E-state index contributed by atoms with van der Waals surface area (Å²) in [4.78, 5) is 25.0. The normalized spacial score (nSPS) is 10.1. The van der Waals surface area contributed by atoms with Crippen molar-refractivity contribution in [2.24, 2.45) is 0 Å². The zero-order valence-electron chi connectivity index (χ0n) is 10.4. The number of hydrazine groups is 1. The number of aryl methyl sites for hydroxylation is 1. The molecule has 0 unspecified atom stereocenters. The minimum Gasteiger partial charge on any atom is -0.507 e. The molecule has 0 radical (unpaired) electrons. The van der Waals surface area contributed by atoms with Crippen LogP contribution in [0.2, 0.25) is 5.02 Å². The van der Waals surface area contributed by atoms with Crippen LogP contribution in [0.5, 0.6) is 5.75 Å². The van der Waals surface area contributed by atoms with Crippen molar-refractivity contribution in [3.05, 3.63) is 50.7 Å². The number of phenolic OH excluding ortho intramolecular Hbond substituents is 1. The molecule has 0 aliphatic heterocycles. The number of hydrogen-bond donors (Lipinski definition) is 3. The van der Waals surface area contributed by atoms with Gasteiger partial charge < -0.3 is 5.11 Å². The number of hydrogen-bond acceptors (Lipinski definition) is 4. The molecule has 0 fully saturated rings. The van der Waals surface area contributed by atoms with Crippen LogP contribution in [0.1, 0.15) is 24.9 Å². The number of phenols is 1. The number of carbonyl (C=O) groups is 2. The van der Waals surface area contributed by atoms with E-state index in [1.807, 2.05) is 13.0 Å². The number of rotatable bonds is 2. The van der Waals surface area contributed by atoms with Crippen molar-refractivity contribution in [1.82, 2.24) is 10.9 Å². The highest BCUT2D eigenvalue weighted by Crippen LogP contribution is 2.21. The summed E-state index contributed by atoms with van der Waals surface area (Å²) in [6, 6.07) is 7.55. The Bertz CT molecular complexity index is 669. The van der Waals surface area contributed by atoms with Gasteiger partial charge in [0.2, 0.25) is 0 Å². The van der Waals surface area contributed by atoms with Gasteiger partial charge in [-0.3, -0.25) is 20.4 Å². The SMILES string of the molecule is Cc1ccc(C(=O)NNC(=O)c2cc(Cl)ccc2O)s1. The molecule has 0 aliphatic carbocycles. The molecule has 1 heterocycles. The second kappa shape index (κ2) is 5.94. The monoisotopic (exact) mass is 310 g/mol. The third kappa shape index (κ3) is 3.28. The van der Waals surface area contributed by atoms with E-state index in [4.69, 9.17) is 11.6 Å². The molecule has 3 N–H and O–H groups in total. The first kappa shape index (κ1) is 14.4. The lowest BCUT2D eigenvalue weighted by Crippen LogP contribution is -2.41. The summed E-state index contributed by atoms with van der Waals surface area (Å²) in [5.74, 6) is -1.28.